The third-order valence-corrected chi connectivity index (χ3v) is 3.55. The molecule has 2 heterocycles. The predicted octanol–water partition coefficient (Wildman–Crippen LogP) is 2.70. The van der Waals surface area contributed by atoms with E-state index in [1.807, 2.05) is 11.4 Å². The van der Waals surface area contributed by atoms with Crippen LogP contribution in [0.1, 0.15) is 4.88 Å². The van der Waals surface area contributed by atoms with Crippen molar-refractivity contribution in [1.82, 2.24) is 9.97 Å². The molecule has 0 aliphatic rings. The lowest BCUT2D eigenvalue weighted by molar-refractivity contribution is 1.17. The van der Waals surface area contributed by atoms with Crippen molar-refractivity contribution in [2.24, 2.45) is 0 Å². The Bertz CT molecular complexity index is 467. The molecule has 0 radical (unpaired) electrons. The predicted molar refractivity (Wildman–Crippen MR) is 67.2 cm³/mol. The number of anilines is 1. The van der Waals surface area contributed by atoms with Gasteiger partial charge < -0.3 is 5.73 Å². The monoisotopic (exact) mass is 317 g/mol. The average Bonchev–Trinajstić information content (AvgIpc) is 2.57. The van der Waals surface area contributed by atoms with Crippen LogP contribution in [-0.4, -0.2) is 9.97 Å². The Hall–Kier alpha value is -0.690. The molecule has 0 amide bonds. The number of thiophene rings is 1. The molecule has 2 rings (SSSR count). The van der Waals surface area contributed by atoms with E-state index >= 15 is 0 Å². The van der Waals surface area contributed by atoms with Crippen LogP contribution in [0, 0.1) is 10.5 Å². The van der Waals surface area contributed by atoms with Gasteiger partial charge in [-0.25, -0.2) is 9.97 Å². The summed E-state index contributed by atoms with van der Waals surface area (Å²) in [6.45, 7) is 2.05. The third kappa shape index (κ3) is 1.74. The van der Waals surface area contributed by atoms with Crippen molar-refractivity contribution >= 4 is 39.7 Å². The van der Waals surface area contributed by atoms with E-state index in [2.05, 4.69) is 39.5 Å². The Kier molecular flexibility index (Phi) is 2.69. The van der Waals surface area contributed by atoms with Crippen molar-refractivity contribution < 1.29 is 0 Å². The molecule has 2 aromatic rings. The first kappa shape index (κ1) is 9.85. The first-order chi connectivity index (χ1) is 6.68. The van der Waals surface area contributed by atoms with Gasteiger partial charge in [0.1, 0.15) is 5.82 Å². The maximum atomic E-state index is 5.72. The number of aromatic nitrogens is 2. The van der Waals surface area contributed by atoms with Gasteiger partial charge in [0.15, 0.2) is 5.82 Å². The summed E-state index contributed by atoms with van der Waals surface area (Å²) in [4.78, 5) is 9.71. The van der Waals surface area contributed by atoms with Crippen LogP contribution in [0.2, 0.25) is 0 Å². The normalized spacial score (nSPS) is 10.4. The van der Waals surface area contributed by atoms with E-state index in [1.165, 1.54) is 4.88 Å². The molecule has 14 heavy (non-hydrogen) atoms. The minimum Gasteiger partial charge on any atom is -0.383 e. The summed E-state index contributed by atoms with van der Waals surface area (Å²) in [6, 6.07) is 2.02. The number of nitrogens with zero attached hydrogens (tertiary/aromatic N) is 2. The van der Waals surface area contributed by atoms with Gasteiger partial charge in [0.25, 0.3) is 0 Å². The van der Waals surface area contributed by atoms with Crippen molar-refractivity contribution in [3.63, 3.8) is 0 Å². The van der Waals surface area contributed by atoms with Crippen molar-refractivity contribution in [3.05, 3.63) is 26.1 Å². The molecule has 0 fully saturated rings. The van der Waals surface area contributed by atoms with Crippen molar-refractivity contribution in [1.29, 1.82) is 0 Å². The first-order valence-electron chi connectivity index (χ1n) is 4.01. The van der Waals surface area contributed by atoms with Crippen LogP contribution in [-0.2, 0) is 0 Å². The largest absolute Gasteiger partial charge is 0.383 e. The second-order valence-corrected chi connectivity index (χ2v) is 5.10. The van der Waals surface area contributed by atoms with Crippen molar-refractivity contribution in [3.8, 4) is 11.4 Å². The molecule has 72 valence electrons. The van der Waals surface area contributed by atoms with E-state index < -0.39 is 0 Å². The molecule has 0 aromatic carbocycles. The molecule has 3 nitrogen and oxygen atoms in total. The van der Waals surface area contributed by atoms with Crippen LogP contribution in [0.25, 0.3) is 11.4 Å². The van der Waals surface area contributed by atoms with E-state index in [-0.39, 0.29) is 0 Å². The number of hydrogen-bond donors (Lipinski definition) is 1. The molecule has 0 bridgehead atoms. The number of halogens is 1. The first-order valence-corrected chi connectivity index (χ1v) is 5.97. The van der Waals surface area contributed by atoms with E-state index in [0.29, 0.717) is 11.6 Å². The standard InChI is InChI=1S/C9H8IN3S/c1-5-6(2-3-14-5)9-12-4-7(10)8(11)13-9/h2-4H,1H3,(H2,11,12,13). The van der Waals surface area contributed by atoms with Gasteiger partial charge in [0.2, 0.25) is 0 Å². The molecular formula is C9H8IN3S. The number of rotatable bonds is 1. The van der Waals surface area contributed by atoms with Gasteiger partial charge in [0.05, 0.1) is 3.57 Å². The SMILES string of the molecule is Cc1sccc1-c1ncc(I)c(N)n1. The van der Waals surface area contributed by atoms with E-state index in [4.69, 9.17) is 5.73 Å². The Morgan fingerprint density at radius 3 is 2.86 bits per heavy atom. The van der Waals surface area contributed by atoms with Gasteiger partial charge in [-0.05, 0) is 41.0 Å². The van der Waals surface area contributed by atoms with E-state index in [9.17, 15) is 0 Å². The van der Waals surface area contributed by atoms with E-state index in [1.54, 1.807) is 17.5 Å². The summed E-state index contributed by atoms with van der Waals surface area (Å²) in [5.74, 6) is 1.25. The summed E-state index contributed by atoms with van der Waals surface area (Å²) in [5, 5.41) is 2.03. The van der Waals surface area contributed by atoms with Crippen LogP contribution >= 0.6 is 33.9 Å². The van der Waals surface area contributed by atoms with Gasteiger partial charge in [0, 0.05) is 16.6 Å². The Morgan fingerprint density at radius 2 is 2.29 bits per heavy atom. The van der Waals surface area contributed by atoms with Gasteiger partial charge in [-0.1, -0.05) is 0 Å². The highest BCUT2D eigenvalue weighted by Crippen LogP contribution is 2.25. The highest BCUT2D eigenvalue weighted by Gasteiger charge is 2.07. The molecule has 0 atom stereocenters. The molecule has 0 spiro atoms. The smallest absolute Gasteiger partial charge is 0.162 e. The molecule has 2 N–H and O–H groups in total. The highest BCUT2D eigenvalue weighted by atomic mass is 127. The molecule has 0 aliphatic carbocycles. The van der Waals surface area contributed by atoms with Gasteiger partial charge >= 0.3 is 0 Å². The van der Waals surface area contributed by atoms with Gasteiger partial charge in [-0.2, -0.15) is 0 Å². The summed E-state index contributed by atoms with van der Waals surface area (Å²) >= 11 is 3.81. The molecule has 0 unspecified atom stereocenters. The maximum Gasteiger partial charge on any atom is 0.162 e. The maximum absolute atomic E-state index is 5.72. The van der Waals surface area contributed by atoms with Crippen LogP contribution in [0.15, 0.2) is 17.6 Å². The molecule has 0 saturated heterocycles. The molecular weight excluding hydrogens is 309 g/mol. The number of nitrogens with two attached hydrogens (primary N) is 1. The minimum absolute atomic E-state index is 0.543. The fourth-order valence-electron chi connectivity index (χ4n) is 1.13. The summed E-state index contributed by atoms with van der Waals surface area (Å²) in [5.41, 5.74) is 6.79. The third-order valence-electron chi connectivity index (χ3n) is 1.87. The van der Waals surface area contributed by atoms with Gasteiger partial charge in [-0.15, -0.1) is 11.3 Å². The zero-order valence-electron chi connectivity index (χ0n) is 7.49. The highest BCUT2D eigenvalue weighted by molar-refractivity contribution is 14.1. The quantitative estimate of drug-likeness (QED) is 0.823. The summed E-state index contributed by atoms with van der Waals surface area (Å²) in [7, 11) is 0. The van der Waals surface area contributed by atoms with Crippen LogP contribution < -0.4 is 5.73 Å². The molecule has 2 aromatic heterocycles. The van der Waals surface area contributed by atoms with Crippen molar-refractivity contribution in [2.75, 3.05) is 5.73 Å². The average molecular weight is 317 g/mol. The summed E-state index contributed by atoms with van der Waals surface area (Å²) < 4.78 is 0.888. The van der Waals surface area contributed by atoms with Crippen LogP contribution in [0.4, 0.5) is 5.82 Å². The lowest BCUT2D eigenvalue weighted by Gasteiger charge is -2.01. The fraction of sp³-hybridized carbons (Fsp3) is 0.111. The Morgan fingerprint density at radius 1 is 1.50 bits per heavy atom. The zero-order chi connectivity index (χ0) is 10.1. The second-order valence-electron chi connectivity index (χ2n) is 2.82. The molecule has 5 heteroatoms. The topological polar surface area (TPSA) is 51.8 Å². The fourth-order valence-corrected chi connectivity index (χ4v) is 2.08. The molecule has 0 aliphatic heterocycles. The van der Waals surface area contributed by atoms with Crippen molar-refractivity contribution in [2.45, 2.75) is 6.92 Å². The van der Waals surface area contributed by atoms with E-state index in [0.717, 1.165) is 9.13 Å². The minimum atomic E-state index is 0.543. The van der Waals surface area contributed by atoms with Crippen LogP contribution in [0.5, 0.6) is 0 Å². The number of nitrogen functional groups attached to an aromatic ring is 1. The lowest BCUT2D eigenvalue weighted by Crippen LogP contribution is -1.98. The second kappa shape index (κ2) is 3.82. The Labute approximate surface area is 99.5 Å². The summed E-state index contributed by atoms with van der Waals surface area (Å²) in [6.07, 6.45) is 1.75. The molecule has 0 saturated carbocycles. The van der Waals surface area contributed by atoms with Crippen LogP contribution in [0.3, 0.4) is 0 Å². The lowest BCUT2D eigenvalue weighted by atomic mass is 10.2. The number of aryl methyl sites for hydroxylation is 1. The zero-order valence-corrected chi connectivity index (χ0v) is 10.5. The number of hydrogen-bond acceptors (Lipinski definition) is 4. The Balaban J connectivity index is 2.53. The van der Waals surface area contributed by atoms with Gasteiger partial charge in [-0.3, -0.25) is 0 Å².